The molecule has 6 nitrogen and oxygen atoms in total. The number of hydrogen-bond acceptors (Lipinski definition) is 6. The van der Waals surface area contributed by atoms with Gasteiger partial charge in [-0.25, -0.2) is 15.0 Å². The second-order valence-electron chi connectivity index (χ2n) is 8.22. The molecule has 0 amide bonds. The Kier molecular flexibility index (Phi) is 3.80. The van der Waals surface area contributed by atoms with E-state index in [9.17, 15) is 0 Å². The summed E-state index contributed by atoms with van der Waals surface area (Å²) in [5.74, 6) is 3.06. The molecule has 6 rings (SSSR count). The molecule has 2 saturated carbocycles. The van der Waals surface area contributed by atoms with E-state index in [1.807, 2.05) is 12.3 Å². The zero-order chi connectivity index (χ0) is 17.6. The number of nitrogens with zero attached hydrogens (tertiary/aromatic N) is 5. The molecule has 4 aliphatic rings. The largest absolute Gasteiger partial charge is 0.337 e. The van der Waals surface area contributed by atoms with Crippen molar-refractivity contribution in [3.8, 4) is 0 Å². The topological polar surface area (TPSA) is 66.8 Å². The fourth-order valence-electron chi connectivity index (χ4n) is 4.99. The first-order chi connectivity index (χ1) is 12.7. The van der Waals surface area contributed by atoms with Gasteiger partial charge in [0, 0.05) is 36.5 Å². The van der Waals surface area contributed by atoms with Gasteiger partial charge in [0.05, 0.1) is 0 Å². The maximum absolute atomic E-state index is 4.76. The van der Waals surface area contributed by atoms with Crippen molar-refractivity contribution in [1.29, 1.82) is 0 Å². The molecule has 2 aliphatic carbocycles. The van der Waals surface area contributed by atoms with E-state index < -0.39 is 0 Å². The van der Waals surface area contributed by atoms with Crippen molar-refractivity contribution in [2.24, 2.45) is 5.41 Å². The van der Waals surface area contributed by atoms with E-state index in [1.54, 1.807) is 6.33 Å². The average Bonchev–Trinajstić information content (AvgIpc) is 3.37. The van der Waals surface area contributed by atoms with Crippen LogP contribution in [-0.4, -0.2) is 32.5 Å². The molecule has 1 N–H and O–H groups in total. The van der Waals surface area contributed by atoms with Gasteiger partial charge in [0.1, 0.15) is 18.0 Å². The summed E-state index contributed by atoms with van der Waals surface area (Å²) in [7, 11) is 0. The van der Waals surface area contributed by atoms with Gasteiger partial charge < -0.3 is 10.2 Å². The first-order valence-corrected chi connectivity index (χ1v) is 9.93. The highest BCUT2D eigenvalue weighted by Gasteiger charge is 2.54. The maximum atomic E-state index is 4.76. The summed E-state index contributed by atoms with van der Waals surface area (Å²) in [5.41, 5.74) is 1.67. The van der Waals surface area contributed by atoms with Crippen molar-refractivity contribution in [3.63, 3.8) is 0 Å². The van der Waals surface area contributed by atoms with Crippen molar-refractivity contribution in [2.75, 3.05) is 16.8 Å². The van der Waals surface area contributed by atoms with Crippen LogP contribution in [0.3, 0.4) is 0 Å². The molecule has 0 aromatic carbocycles. The van der Waals surface area contributed by atoms with E-state index in [0.29, 0.717) is 17.4 Å². The first-order valence-electron chi connectivity index (χ1n) is 9.93. The van der Waals surface area contributed by atoms with Crippen molar-refractivity contribution in [2.45, 2.75) is 63.8 Å². The number of rotatable bonds is 5. The van der Waals surface area contributed by atoms with E-state index >= 15 is 0 Å². The Balaban J connectivity index is 1.33. The number of fused-ring (bicyclic) bond motifs is 1. The third kappa shape index (κ3) is 2.72. The molecule has 4 fully saturated rings. The van der Waals surface area contributed by atoms with Crippen molar-refractivity contribution >= 4 is 17.6 Å². The quantitative estimate of drug-likeness (QED) is 0.877. The van der Waals surface area contributed by atoms with E-state index in [-0.39, 0.29) is 0 Å². The van der Waals surface area contributed by atoms with Gasteiger partial charge in [0.25, 0.3) is 0 Å². The number of hydrogen-bond donors (Lipinski definition) is 1. The summed E-state index contributed by atoms with van der Waals surface area (Å²) >= 11 is 0. The standard InChI is InChI=1S/C20H26N6/c1-2-20-10-15(11-20)26(12-20)19-21-8-7-17(25-19)24-18-9-16(22-13-23-18)14-5-3-4-6-14/h7-9,13-15H,2-6,10-12H2,1H3,(H,21,22,23,24,25). The molecule has 0 spiro atoms. The van der Waals surface area contributed by atoms with Crippen molar-refractivity contribution in [3.05, 3.63) is 30.4 Å². The van der Waals surface area contributed by atoms with Gasteiger partial charge in [-0.05, 0) is 43.6 Å². The lowest BCUT2D eigenvalue weighted by molar-refractivity contribution is 0.191. The van der Waals surface area contributed by atoms with Crippen LogP contribution >= 0.6 is 0 Å². The Morgan fingerprint density at radius 2 is 2.00 bits per heavy atom. The molecular formula is C20H26N6. The lowest BCUT2D eigenvalue weighted by atomic mass is 9.68. The Morgan fingerprint density at radius 1 is 1.15 bits per heavy atom. The van der Waals surface area contributed by atoms with Crippen LogP contribution in [0, 0.1) is 5.41 Å². The second-order valence-corrected chi connectivity index (χ2v) is 8.22. The zero-order valence-electron chi connectivity index (χ0n) is 15.4. The van der Waals surface area contributed by atoms with Crippen LogP contribution in [0.2, 0.25) is 0 Å². The Morgan fingerprint density at radius 3 is 2.77 bits per heavy atom. The predicted molar refractivity (Wildman–Crippen MR) is 102 cm³/mol. The first kappa shape index (κ1) is 16.0. The predicted octanol–water partition coefficient (Wildman–Crippen LogP) is 4.05. The molecule has 136 valence electrons. The third-order valence-corrected chi connectivity index (χ3v) is 6.65. The summed E-state index contributed by atoms with van der Waals surface area (Å²) in [5, 5.41) is 3.35. The minimum Gasteiger partial charge on any atom is -0.337 e. The molecule has 2 saturated heterocycles. The van der Waals surface area contributed by atoms with Crippen LogP contribution < -0.4 is 10.2 Å². The fourth-order valence-corrected chi connectivity index (χ4v) is 4.99. The summed E-state index contributed by atoms with van der Waals surface area (Å²) in [6.45, 7) is 3.40. The van der Waals surface area contributed by atoms with Crippen LogP contribution in [-0.2, 0) is 0 Å². The lowest BCUT2D eigenvalue weighted by Crippen LogP contribution is -2.34. The SMILES string of the molecule is CCC12CC(C1)N(c1nccc(Nc3cc(C4CCCC4)ncn3)n1)C2. The molecule has 2 aromatic heterocycles. The summed E-state index contributed by atoms with van der Waals surface area (Å²) < 4.78 is 0. The molecule has 2 aliphatic heterocycles. The van der Waals surface area contributed by atoms with E-state index in [2.05, 4.69) is 38.2 Å². The third-order valence-electron chi connectivity index (χ3n) is 6.65. The highest BCUT2D eigenvalue weighted by atomic mass is 15.3. The monoisotopic (exact) mass is 350 g/mol. The molecule has 2 aromatic rings. The minimum atomic E-state index is 0.514. The normalized spacial score (nSPS) is 27.6. The minimum absolute atomic E-state index is 0.514. The molecular weight excluding hydrogens is 324 g/mol. The molecule has 2 bridgehead atoms. The van der Waals surface area contributed by atoms with Gasteiger partial charge in [0.2, 0.25) is 5.95 Å². The van der Waals surface area contributed by atoms with Crippen LogP contribution in [0.4, 0.5) is 17.6 Å². The second kappa shape index (κ2) is 6.18. The lowest BCUT2D eigenvalue weighted by Gasteiger charge is -2.35. The van der Waals surface area contributed by atoms with Gasteiger partial charge in [-0.2, -0.15) is 4.98 Å². The summed E-state index contributed by atoms with van der Waals surface area (Å²) in [6.07, 6.45) is 12.4. The van der Waals surface area contributed by atoms with Gasteiger partial charge in [-0.1, -0.05) is 19.8 Å². The average molecular weight is 350 g/mol. The van der Waals surface area contributed by atoms with Crippen molar-refractivity contribution < 1.29 is 0 Å². The molecule has 6 heteroatoms. The summed E-state index contributed by atoms with van der Waals surface area (Å²) in [4.78, 5) is 20.5. The molecule has 26 heavy (non-hydrogen) atoms. The van der Waals surface area contributed by atoms with Gasteiger partial charge in [-0.3, -0.25) is 0 Å². The van der Waals surface area contributed by atoms with E-state index in [4.69, 9.17) is 4.98 Å². The smallest absolute Gasteiger partial charge is 0.227 e. The van der Waals surface area contributed by atoms with Crippen LogP contribution in [0.5, 0.6) is 0 Å². The number of nitrogens with one attached hydrogen (secondary N) is 1. The highest BCUT2D eigenvalue weighted by Crippen LogP contribution is 2.54. The highest BCUT2D eigenvalue weighted by molar-refractivity contribution is 5.54. The van der Waals surface area contributed by atoms with Gasteiger partial charge in [-0.15, -0.1) is 0 Å². The zero-order valence-corrected chi connectivity index (χ0v) is 15.4. The molecule has 4 heterocycles. The van der Waals surface area contributed by atoms with Gasteiger partial charge >= 0.3 is 0 Å². The summed E-state index contributed by atoms with van der Waals surface area (Å²) in [6, 6.07) is 4.62. The molecule has 0 unspecified atom stereocenters. The Bertz CT molecular complexity index is 794. The number of anilines is 3. The van der Waals surface area contributed by atoms with E-state index in [1.165, 1.54) is 44.9 Å². The molecule has 0 atom stereocenters. The van der Waals surface area contributed by atoms with Crippen LogP contribution in [0.1, 0.15) is 63.5 Å². The number of aromatic nitrogens is 4. The van der Waals surface area contributed by atoms with Crippen molar-refractivity contribution in [1.82, 2.24) is 19.9 Å². The van der Waals surface area contributed by atoms with E-state index in [0.717, 1.165) is 29.8 Å². The maximum Gasteiger partial charge on any atom is 0.227 e. The Labute approximate surface area is 154 Å². The molecule has 0 radical (unpaired) electrons. The van der Waals surface area contributed by atoms with Gasteiger partial charge in [0.15, 0.2) is 0 Å². The van der Waals surface area contributed by atoms with Crippen LogP contribution in [0.25, 0.3) is 0 Å². The van der Waals surface area contributed by atoms with Crippen LogP contribution in [0.15, 0.2) is 24.7 Å². The fraction of sp³-hybridized carbons (Fsp3) is 0.600. The Hall–Kier alpha value is -2.24.